The second-order valence-electron chi connectivity index (χ2n) is 3.55. The first-order valence-corrected chi connectivity index (χ1v) is 4.98. The number of hydrogen-bond acceptors (Lipinski definition) is 4. The smallest absolute Gasteiger partial charge is 0.178 e. The maximum Gasteiger partial charge on any atom is 0.178 e. The first-order chi connectivity index (χ1) is 6.47. The van der Waals surface area contributed by atoms with Gasteiger partial charge in [-0.3, -0.25) is 4.99 Å². The average Bonchev–Trinajstić information content (AvgIpc) is 2.02. The molecule has 0 fully saturated rings. The van der Waals surface area contributed by atoms with Crippen molar-refractivity contribution in [3.8, 4) is 0 Å². The molecule has 0 heterocycles. The van der Waals surface area contributed by atoms with Crippen molar-refractivity contribution in [1.82, 2.24) is 0 Å². The molecule has 0 aliphatic heterocycles. The minimum Gasteiger partial charge on any atom is -0.370 e. The number of aliphatic hydroxyl groups is 2. The van der Waals surface area contributed by atoms with Crippen LogP contribution in [-0.2, 0) is 4.74 Å². The Balaban J connectivity index is 4.16. The number of aliphatic imine (C=N–C) groups is 1. The third kappa shape index (κ3) is 6.07. The summed E-state index contributed by atoms with van der Waals surface area (Å²) in [6.45, 7) is 8.24. The zero-order chi connectivity index (χ0) is 11.1. The molecule has 2 N–H and O–H groups in total. The van der Waals surface area contributed by atoms with Crippen LogP contribution in [0.5, 0.6) is 0 Å². The van der Waals surface area contributed by atoms with E-state index >= 15 is 0 Å². The number of aliphatic hydroxyl groups excluding tert-OH is 1. The van der Waals surface area contributed by atoms with Crippen molar-refractivity contribution in [3.05, 3.63) is 0 Å². The van der Waals surface area contributed by atoms with Crippen LogP contribution in [0.3, 0.4) is 0 Å². The van der Waals surface area contributed by atoms with E-state index < -0.39 is 12.4 Å². The molecule has 0 amide bonds. The Morgan fingerprint density at radius 3 is 2.29 bits per heavy atom. The fourth-order valence-corrected chi connectivity index (χ4v) is 1.20. The van der Waals surface area contributed by atoms with Gasteiger partial charge >= 0.3 is 0 Å². The lowest BCUT2D eigenvalue weighted by Crippen LogP contribution is -2.32. The van der Waals surface area contributed by atoms with E-state index in [1.54, 1.807) is 0 Å². The van der Waals surface area contributed by atoms with Gasteiger partial charge in [-0.25, -0.2) is 0 Å². The summed E-state index contributed by atoms with van der Waals surface area (Å²) in [5, 5.41) is 18.1. The Labute approximate surface area is 85.6 Å². The third-order valence-corrected chi connectivity index (χ3v) is 1.70. The van der Waals surface area contributed by atoms with E-state index in [0.717, 1.165) is 5.71 Å². The van der Waals surface area contributed by atoms with Gasteiger partial charge in [-0.2, -0.15) is 0 Å². The first-order valence-electron chi connectivity index (χ1n) is 4.98. The number of ether oxygens (including phenoxy) is 1. The molecule has 0 aromatic carbocycles. The van der Waals surface area contributed by atoms with E-state index in [-0.39, 0.29) is 6.10 Å². The van der Waals surface area contributed by atoms with Crippen molar-refractivity contribution < 1.29 is 14.9 Å². The molecule has 84 valence electrons. The Morgan fingerprint density at radius 1 is 1.36 bits per heavy atom. The van der Waals surface area contributed by atoms with Gasteiger partial charge in [0.25, 0.3) is 0 Å². The van der Waals surface area contributed by atoms with Crippen molar-refractivity contribution in [2.24, 2.45) is 4.99 Å². The zero-order valence-electron chi connectivity index (χ0n) is 9.40. The normalized spacial score (nSPS) is 15.3. The van der Waals surface area contributed by atoms with Crippen LogP contribution in [-0.4, -0.2) is 41.0 Å². The van der Waals surface area contributed by atoms with Crippen LogP contribution in [0.2, 0.25) is 0 Å². The van der Waals surface area contributed by atoms with Gasteiger partial charge in [0, 0.05) is 18.7 Å². The van der Waals surface area contributed by atoms with Gasteiger partial charge in [0.15, 0.2) is 6.29 Å². The van der Waals surface area contributed by atoms with Gasteiger partial charge in [0.2, 0.25) is 0 Å². The SMILES string of the molecule is CCN=C(C)C[C@H](OC(C)C)C(O)O. The van der Waals surface area contributed by atoms with Crippen molar-refractivity contribution in [3.63, 3.8) is 0 Å². The molecule has 14 heavy (non-hydrogen) atoms. The van der Waals surface area contributed by atoms with Crippen molar-refractivity contribution in [1.29, 1.82) is 0 Å². The number of nitrogens with zero attached hydrogens (tertiary/aromatic N) is 1. The van der Waals surface area contributed by atoms with E-state index in [0.29, 0.717) is 13.0 Å². The zero-order valence-corrected chi connectivity index (χ0v) is 9.40. The van der Waals surface area contributed by atoms with Crippen molar-refractivity contribution in [2.45, 2.75) is 52.6 Å². The molecule has 4 heteroatoms. The minimum atomic E-state index is -1.44. The Kier molecular flexibility index (Phi) is 6.70. The van der Waals surface area contributed by atoms with Crippen LogP contribution >= 0.6 is 0 Å². The van der Waals surface area contributed by atoms with E-state index in [2.05, 4.69) is 4.99 Å². The summed E-state index contributed by atoms with van der Waals surface area (Å²) in [5.41, 5.74) is 0.881. The van der Waals surface area contributed by atoms with Crippen LogP contribution in [0.15, 0.2) is 4.99 Å². The highest BCUT2D eigenvalue weighted by atomic mass is 16.6. The molecule has 0 saturated carbocycles. The van der Waals surface area contributed by atoms with Gasteiger partial charge in [-0.15, -0.1) is 0 Å². The van der Waals surface area contributed by atoms with E-state index in [4.69, 9.17) is 14.9 Å². The molecule has 1 atom stereocenters. The number of rotatable bonds is 6. The molecule has 0 aromatic rings. The van der Waals surface area contributed by atoms with Gasteiger partial charge in [-0.1, -0.05) is 0 Å². The van der Waals surface area contributed by atoms with E-state index in [1.165, 1.54) is 0 Å². The second kappa shape index (κ2) is 6.92. The average molecular weight is 203 g/mol. The highest BCUT2D eigenvalue weighted by Crippen LogP contribution is 2.07. The van der Waals surface area contributed by atoms with Gasteiger partial charge < -0.3 is 14.9 Å². The Morgan fingerprint density at radius 2 is 1.93 bits per heavy atom. The van der Waals surface area contributed by atoms with Gasteiger partial charge in [0.05, 0.1) is 6.10 Å². The molecule has 0 aromatic heterocycles. The molecule has 4 nitrogen and oxygen atoms in total. The fourth-order valence-electron chi connectivity index (χ4n) is 1.20. The molecule has 0 radical (unpaired) electrons. The summed E-state index contributed by atoms with van der Waals surface area (Å²) < 4.78 is 5.35. The van der Waals surface area contributed by atoms with Crippen LogP contribution in [0.1, 0.15) is 34.1 Å². The standard InChI is InChI=1S/C10H21NO3/c1-5-11-8(4)6-9(10(12)13)14-7(2)3/h7,9-10,12-13H,5-6H2,1-4H3/t9-/m0/s1. The third-order valence-electron chi connectivity index (χ3n) is 1.70. The van der Waals surface area contributed by atoms with Crippen molar-refractivity contribution >= 4 is 5.71 Å². The molecule has 0 spiro atoms. The molecule has 0 unspecified atom stereocenters. The van der Waals surface area contributed by atoms with Crippen molar-refractivity contribution in [2.75, 3.05) is 6.54 Å². The van der Waals surface area contributed by atoms with E-state index in [1.807, 2.05) is 27.7 Å². The summed E-state index contributed by atoms with van der Waals surface area (Å²) in [4.78, 5) is 4.17. The first kappa shape index (κ1) is 13.5. The summed E-state index contributed by atoms with van der Waals surface area (Å²) in [6, 6.07) is 0. The molecule has 0 rings (SSSR count). The fraction of sp³-hybridized carbons (Fsp3) is 0.900. The second-order valence-corrected chi connectivity index (χ2v) is 3.55. The Bertz CT molecular complexity index is 178. The van der Waals surface area contributed by atoms with Gasteiger partial charge in [0.1, 0.15) is 6.10 Å². The predicted molar refractivity (Wildman–Crippen MR) is 56.5 cm³/mol. The van der Waals surface area contributed by atoms with E-state index in [9.17, 15) is 0 Å². The van der Waals surface area contributed by atoms with Crippen LogP contribution in [0.25, 0.3) is 0 Å². The van der Waals surface area contributed by atoms with Crippen LogP contribution < -0.4 is 0 Å². The summed E-state index contributed by atoms with van der Waals surface area (Å²) >= 11 is 0. The lowest BCUT2D eigenvalue weighted by molar-refractivity contribution is -0.155. The summed E-state index contributed by atoms with van der Waals surface area (Å²) in [6.07, 6.45) is -1.58. The Hall–Kier alpha value is -0.450. The molecule has 0 saturated heterocycles. The van der Waals surface area contributed by atoms with Crippen LogP contribution in [0, 0.1) is 0 Å². The molecular weight excluding hydrogens is 182 g/mol. The summed E-state index contributed by atoms with van der Waals surface area (Å²) in [7, 11) is 0. The maximum atomic E-state index is 9.05. The van der Waals surface area contributed by atoms with Crippen LogP contribution in [0.4, 0.5) is 0 Å². The largest absolute Gasteiger partial charge is 0.370 e. The predicted octanol–water partition coefficient (Wildman–Crippen LogP) is 0.962. The van der Waals surface area contributed by atoms with Gasteiger partial charge in [-0.05, 0) is 27.7 Å². The highest BCUT2D eigenvalue weighted by Gasteiger charge is 2.19. The maximum absolute atomic E-state index is 9.05. The lowest BCUT2D eigenvalue weighted by atomic mass is 10.1. The molecule has 0 bridgehead atoms. The molecule has 0 aliphatic carbocycles. The topological polar surface area (TPSA) is 62.0 Å². The highest BCUT2D eigenvalue weighted by molar-refractivity contribution is 5.82. The minimum absolute atomic E-state index is 0.0174. The quantitative estimate of drug-likeness (QED) is 0.499. The summed E-state index contributed by atoms with van der Waals surface area (Å²) in [5.74, 6) is 0. The monoisotopic (exact) mass is 203 g/mol. The lowest BCUT2D eigenvalue weighted by Gasteiger charge is -2.21. The molecule has 0 aliphatic rings. The number of hydrogen-bond donors (Lipinski definition) is 2. The molecular formula is C10H21NO3.